The molecule has 1 amide bonds. The van der Waals surface area contributed by atoms with Crippen molar-refractivity contribution in [2.75, 3.05) is 23.3 Å². The number of piperidine rings is 1. The number of carbonyl (C=O) groups excluding carboxylic acids is 2. The minimum absolute atomic E-state index is 0.0404. The molecule has 4 aromatic rings. The zero-order chi connectivity index (χ0) is 24.9. The summed E-state index contributed by atoms with van der Waals surface area (Å²) in [5.41, 5.74) is 8.92. The maximum absolute atomic E-state index is 12.9. The third-order valence-electron chi connectivity index (χ3n) is 6.50. The fourth-order valence-electron chi connectivity index (χ4n) is 4.61. The predicted octanol–water partition coefficient (Wildman–Crippen LogP) is 4.15. The molecule has 1 aliphatic rings. The number of anilines is 2. The molecule has 5 rings (SSSR count). The Labute approximate surface area is 209 Å². The minimum Gasteiger partial charge on any atom is -0.366 e. The van der Waals surface area contributed by atoms with Gasteiger partial charge < -0.3 is 16.0 Å². The van der Waals surface area contributed by atoms with Crippen LogP contribution >= 0.6 is 0 Å². The van der Waals surface area contributed by atoms with Crippen LogP contribution in [0.1, 0.15) is 51.1 Å². The van der Waals surface area contributed by atoms with Crippen molar-refractivity contribution in [3.63, 3.8) is 0 Å². The van der Waals surface area contributed by atoms with Gasteiger partial charge in [-0.05, 0) is 54.7 Å². The summed E-state index contributed by atoms with van der Waals surface area (Å²) >= 11 is 0. The van der Waals surface area contributed by atoms with E-state index < -0.39 is 5.91 Å². The highest BCUT2D eigenvalue weighted by atomic mass is 16.1. The number of fused-ring (bicyclic) bond motifs is 1. The van der Waals surface area contributed by atoms with E-state index >= 15 is 0 Å². The molecule has 1 saturated heterocycles. The first-order chi connectivity index (χ1) is 17.6. The van der Waals surface area contributed by atoms with Crippen molar-refractivity contribution in [3.8, 4) is 0 Å². The number of aromatic nitrogens is 3. The van der Waals surface area contributed by atoms with Gasteiger partial charge in [0.2, 0.25) is 0 Å². The molecule has 36 heavy (non-hydrogen) atoms. The molecule has 8 heteroatoms. The van der Waals surface area contributed by atoms with Gasteiger partial charge in [0.25, 0.3) is 5.91 Å². The van der Waals surface area contributed by atoms with Gasteiger partial charge >= 0.3 is 0 Å². The molecule has 3 heterocycles. The van der Waals surface area contributed by atoms with Crippen LogP contribution in [0.15, 0.2) is 67.1 Å². The SMILES string of the molecule is NC(=O)c1cccc2c(NCc3cccc(CC(=O)c4ccc(N5CCCCC5)nc4)c3)ncnc12. The van der Waals surface area contributed by atoms with E-state index in [2.05, 4.69) is 25.2 Å². The average molecular weight is 481 g/mol. The number of hydrogen-bond acceptors (Lipinski definition) is 7. The molecule has 2 aromatic carbocycles. The van der Waals surface area contributed by atoms with Gasteiger partial charge in [-0.2, -0.15) is 0 Å². The van der Waals surface area contributed by atoms with Crippen molar-refractivity contribution in [3.05, 3.63) is 89.4 Å². The number of nitrogens with zero attached hydrogens (tertiary/aromatic N) is 4. The Morgan fingerprint density at radius 1 is 0.917 bits per heavy atom. The van der Waals surface area contributed by atoms with E-state index in [0.717, 1.165) is 35.4 Å². The summed E-state index contributed by atoms with van der Waals surface area (Å²) < 4.78 is 0. The molecule has 1 fully saturated rings. The summed E-state index contributed by atoms with van der Waals surface area (Å²) in [5.74, 6) is 1.07. The highest BCUT2D eigenvalue weighted by Crippen LogP contribution is 2.23. The van der Waals surface area contributed by atoms with Crippen molar-refractivity contribution in [2.45, 2.75) is 32.2 Å². The number of primary amides is 1. The molecule has 8 nitrogen and oxygen atoms in total. The maximum Gasteiger partial charge on any atom is 0.250 e. The molecule has 0 atom stereocenters. The lowest BCUT2D eigenvalue weighted by atomic mass is 10.0. The van der Waals surface area contributed by atoms with Gasteiger partial charge in [-0.15, -0.1) is 0 Å². The van der Waals surface area contributed by atoms with E-state index in [4.69, 9.17) is 5.73 Å². The first kappa shape index (κ1) is 23.4. The largest absolute Gasteiger partial charge is 0.366 e. The van der Waals surface area contributed by atoms with Gasteiger partial charge in [0.1, 0.15) is 18.0 Å². The van der Waals surface area contributed by atoms with Crippen LogP contribution in [-0.2, 0) is 13.0 Å². The molecule has 0 unspecified atom stereocenters. The Kier molecular flexibility index (Phi) is 6.84. The van der Waals surface area contributed by atoms with Crippen LogP contribution in [0.3, 0.4) is 0 Å². The van der Waals surface area contributed by atoms with E-state index in [1.165, 1.54) is 25.6 Å². The smallest absolute Gasteiger partial charge is 0.250 e. The lowest BCUT2D eigenvalue weighted by Gasteiger charge is -2.27. The van der Waals surface area contributed by atoms with Gasteiger partial charge in [0, 0.05) is 43.2 Å². The number of carbonyl (C=O) groups is 2. The molecular formula is C28H28N6O2. The number of benzene rings is 2. The molecule has 0 aliphatic carbocycles. The predicted molar refractivity (Wildman–Crippen MR) is 140 cm³/mol. The number of hydrogen-bond donors (Lipinski definition) is 2. The van der Waals surface area contributed by atoms with Gasteiger partial charge in [-0.25, -0.2) is 15.0 Å². The zero-order valence-corrected chi connectivity index (χ0v) is 20.0. The van der Waals surface area contributed by atoms with Crippen LogP contribution in [0.4, 0.5) is 11.6 Å². The number of nitrogens with two attached hydrogens (primary N) is 1. The molecule has 182 valence electrons. The quantitative estimate of drug-likeness (QED) is 0.364. The van der Waals surface area contributed by atoms with Crippen molar-refractivity contribution in [1.82, 2.24) is 15.0 Å². The standard InChI is InChI=1S/C28H28N6O2/c29-27(36)22-8-5-9-23-26(22)32-18-33-28(23)31-16-20-7-4-6-19(14-20)15-24(35)21-10-11-25(30-17-21)34-12-2-1-3-13-34/h4-11,14,17-18H,1-3,12-13,15-16H2,(H2,29,36)(H,31,32,33). The summed E-state index contributed by atoms with van der Waals surface area (Å²) in [7, 11) is 0. The summed E-state index contributed by atoms with van der Waals surface area (Å²) in [4.78, 5) is 40.0. The lowest BCUT2D eigenvalue weighted by molar-refractivity contribution is 0.0987. The van der Waals surface area contributed by atoms with Gasteiger partial charge in [0.05, 0.1) is 11.1 Å². The number of nitrogens with one attached hydrogen (secondary N) is 1. The van der Waals surface area contributed by atoms with Crippen molar-refractivity contribution in [1.29, 1.82) is 0 Å². The van der Waals surface area contributed by atoms with Gasteiger partial charge in [-0.1, -0.05) is 30.3 Å². The van der Waals surface area contributed by atoms with Crippen LogP contribution in [0.5, 0.6) is 0 Å². The fraction of sp³-hybridized carbons (Fsp3) is 0.250. The number of rotatable bonds is 8. The highest BCUT2D eigenvalue weighted by Gasteiger charge is 2.14. The second-order valence-electron chi connectivity index (χ2n) is 9.01. The molecule has 2 aromatic heterocycles. The molecule has 1 aliphatic heterocycles. The second kappa shape index (κ2) is 10.5. The summed E-state index contributed by atoms with van der Waals surface area (Å²) in [6, 6.07) is 17.0. The van der Waals surface area contributed by atoms with Crippen LogP contribution in [0.2, 0.25) is 0 Å². The number of para-hydroxylation sites is 1. The van der Waals surface area contributed by atoms with E-state index in [0.29, 0.717) is 35.4 Å². The Hall–Kier alpha value is -4.33. The molecule has 0 saturated carbocycles. The van der Waals surface area contributed by atoms with Crippen molar-refractivity contribution < 1.29 is 9.59 Å². The first-order valence-corrected chi connectivity index (χ1v) is 12.2. The van der Waals surface area contributed by atoms with E-state index in [-0.39, 0.29) is 5.78 Å². The van der Waals surface area contributed by atoms with E-state index in [9.17, 15) is 9.59 Å². The van der Waals surface area contributed by atoms with Gasteiger partial charge in [0.15, 0.2) is 5.78 Å². The molecule has 0 bridgehead atoms. The number of Topliss-reactive ketones (excluding diaryl/α,β-unsaturated/α-hetero) is 1. The fourth-order valence-corrected chi connectivity index (χ4v) is 4.61. The van der Waals surface area contributed by atoms with E-state index in [1.54, 1.807) is 18.3 Å². The topological polar surface area (TPSA) is 114 Å². The number of pyridine rings is 1. The molecular weight excluding hydrogens is 452 g/mol. The maximum atomic E-state index is 12.9. The Bertz CT molecular complexity index is 1400. The third kappa shape index (κ3) is 5.17. The van der Waals surface area contributed by atoms with Crippen LogP contribution in [0, 0.1) is 0 Å². The molecule has 0 radical (unpaired) electrons. The van der Waals surface area contributed by atoms with Crippen molar-refractivity contribution in [2.24, 2.45) is 5.73 Å². The molecule has 0 spiro atoms. The zero-order valence-electron chi connectivity index (χ0n) is 20.0. The average Bonchev–Trinajstić information content (AvgIpc) is 2.92. The third-order valence-corrected chi connectivity index (χ3v) is 6.50. The summed E-state index contributed by atoms with van der Waals surface area (Å²) in [5, 5.41) is 4.04. The van der Waals surface area contributed by atoms with E-state index in [1.807, 2.05) is 42.5 Å². The first-order valence-electron chi connectivity index (χ1n) is 12.2. The van der Waals surface area contributed by atoms with Crippen LogP contribution < -0.4 is 16.0 Å². The number of ketones is 1. The Morgan fingerprint density at radius 3 is 2.50 bits per heavy atom. The highest BCUT2D eigenvalue weighted by molar-refractivity contribution is 6.06. The normalized spacial score (nSPS) is 13.5. The summed E-state index contributed by atoms with van der Waals surface area (Å²) in [6.07, 6.45) is 7.06. The van der Waals surface area contributed by atoms with Gasteiger partial charge in [-0.3, -0.25) is 9.59 Å². The van der Waals surface area contributed by atoms with Crippen molar-refractivity contribution >= 4 is 34.2 Å². The number of amides is 1. The lowest BCUT2D eigenvalue weighted by Crippen LogP contribution is -2.30. The minimum atomic E-state index is -0.529. The Morgan fingerprint density at radius 2 is 1.72 bits per heavy atom. The van der Waals surface area contributed by atoms with Crippen LogP contribution in [0.25, 0.3) is 10.9 Å². The molecule has 3 N–H and O–H groups in total. The van der Waals surface area contributed by atoms with Crippen LogP contribution in [-0.4, -0.2) is 39.7 Å². The second-order valence-corrected chi connectivity index (χ2v) is 9.01. The monoisotopic (exact) mass is 480 g/mol. The summed E-state index contributed by atoms with van der Waals surface area (Å²) in [6.45, 7) is 2.55. The Balaban J connectivity index is 1.25.